The molecule has 0 fully saturated rings. The normalized spacial score (nSPS) is 9.60. The number of aromatic nitrogens is 1. The molecule has 1 aromatic carbocycles. The first-order chi connectivity index (χ1) is 7.18. The Labute approximate surface area is 95.1 Å². The van der Waals surface area contributed by atoms with Gasteiger partial charge in [-0.25, -0.2) is 4.98 Å². The first-order valence-corrected chi connectivity index (χ1v) is 5.37. The van der Waals surface area contributed by atoms with Gasteiger partial charge in [0.25, 0.3) is 0 Å². The highest BCUT2D eigenvalue weighted by molar-refractivity contribution is 6.36. The Hall–Kier alpha value is -1.28. The molecule has 0 amide bonds. The summed E-state index contributed by atoms with van der Waals surface area (Å²) in [5.41, 5.74) is 7.46. The van der Waals surface area contributed by atoms with Crippen molar-refractivity contribution in [2.24, 2.45) is 0 Å². The Morgan fingerprint density at radius 2 is 1.80 bits per heavy atom. The molecule has 0 radical (unpaired) electrons. The summed E-state index contributed by atoms with van der Waals surface area (Å²) < 4.78 is 0. The van der Waals surface area contributed by atoms with E-state index < -0.39 is 0 Å². The number of benzene rings is 1. The number of halogens is 1. The highest BCUT2D eigenvalue weighted by Crippen LogP contribution is 2.25. The Bertz CT molecular complexity index is 466. The highest BCUT2D eigenvalue weighted by atomic mass is 35.5. The Morgan fingerprint density at radius 3 is 2.47 bits per heavy atom. The van der Waals surface area contributed by atoms with Gasteiger partial charge >= 0.3 is 0 Å². The second-order valence-electron chi connectivity index (χ2n) is 3.00. The van der Waals surface area contributed by atoms with Crippen molar-refractivity contribution in [1.29, 1.82) is 0 Å². The number of hydrogen-bond donors (Lipinski definition) is 1. The molecule has 3 heteroatoms. The minimum Gasteiger partial charge on any atom is -0.384 e. The molecule has 0 unspecified atom stereocenters. The number of nitrogens with two attached hydrogens (primary N) is 1. The molecule has 2 aromatic rings. The van der Waals surface area contributed by atoms with Crippen LogP contribution in [0.1, 0.15) is 19.4 Å². The fraction of sp³-hybridized carbons (Fsp3) is 0.250. The molecule has 2 rings (SSSR count). The van der Waals surface area contributed by atoms with E-state index >= 15 is 0 Å². The van der Waals surface area contributed by atoms with Crippen LogP contribution in [-0.2, 0) is 0 Å². The van der Waals surface area contributed by atoms with E-state index in [1.54, 1.807) is 6.07 Å². The zero-order valence-electron chi connectivity index (χ0n) is 9.21. The first-order valence-electron chi connectivity index (χ1n) is 5.00. The van der Waals surface area contributed by atoms with E-state index in [0.717, 1.165) is 21.5 Å². The van der Waals surface area contributed by atoms with Crippen molar-refractivity contribution in [3.05, 3.63) is 34.9 Å². The molecule has 1 heterocycles. The molecular weight excluding hydrogens is 208 g/mol. The Kier molecular flexibility index (Phi) is 3.92. The molecule has 0 aliphatic carbocycles. The van der Waals surface area contributed by atoms with Gasteiger partial charge in [-0.2, -0.15) is 0 Å². The number of nitrogens with zero attached hydrogens (tertiary/aromatic N) is 1. The molecule has 0 saturated heterocycles. The van der Waals surface area contributed by atoms with Crippen molar-refractivity contribution in [2.45, 2.75) is 20.8 Å². The van der Waals surface area contributed by atoms with Gasteiger partial charge in [-0.05, 0) is 30.7 Å². The fourth-order valence-electron chi connectivity index (χ4n) is 1.29. The van der Waals surface area contributed by atoms with E-state index in [2.05, 4.69) is 4.98 Å². The number of anilines is 1. The summed E-state index contributed by atoms with van der Waals surface area (Å²) >= 11 is 6.10. The third-order valence-corrected chi connectivity index (χ3v) is 2.52. The van der Waals surface area contributed by atoms with Crippen LogP contribution in [0.25, 0.3) is 10.9 Å². The van der Waals surface area contributed by atoms with Crippen LogP contribution in [-0.4, -0.2) is 4.98 Å². The van der Waals surface area contributed by atoms with E-state index in [-0.39, 0.29) is 0 Å². The zero-order valence-corrected chi connectivity index (χ0v) is 9.97. The van der Waals surface area contributed by atoms with Crippen LogP contribution >= 0.6 is 11.6 Å². The monoisotopic (exact) mass is 222 g/mol. The third-order valence-electron chi connectivity index (χ3n) is 2.02. The lowest BCUT2D eigenvalue weighted by molar-refractivity contribution is 1.40. The van der Waals surface area contributed by atoms with Gasteiger partial charge in [0.1, 0.15) is 5.82 Å². The molecular formula is C12H15ClN2. The molecule has 0 aliphatic heterocycles. The van der Waals surface area contributed by atoms with E-state index in [4.69, 9.17) is 17.3 Å². The molecule has 0 spiro atoms. The number of rotatable bonds is 0. The van der Waals surface area contributed by atoms with Crippen molar-refractivity contribution >= 4 is 28.3 Å². The SMILES string of the molecule is CC.Cc1ccc2nc(N)ccc2c1Cl. The first kappa shape index (κ1) is 11.8. The maximum absolute atomic E-state index is 6.10. The summed E-state index contributed by atoms with van der Waals surface area (Å²) in [4.78, 5) is 4.17. The Morgan fingerprint density at radius 1 is 1.13 bits per heavy atom. The Balaban J connectivity index is 0.000000531. The van der Waals surface area contributed by atoms with Crippen LogP contribution < -0.4 is 5.73 Å². The van der Waals surface area contributed by atoms with Crippen LogP contribution in [0.5, 0.6) is 0 Å². The average Bonchev–Trinajstić information content (AvgIpc) is 2.26. The van der Waals surface area contributed by atoms with Gasteiger partial charge in [-0.1, -0.05) is 31.5 Å². The second kappa shape index (κ2) is 4.99. The van der Waals surface area contributed by atoms with Crippen LogP contribution in [0, 0.1) is 6.92 Å². The smallest absolute Gasteiger partial charge is 0.124 e. The lowest BCUT2D eigenvalue weighted by Gasteiger charge is -2.03. The maximum atomic E-state index is 6.10. The lowest BCUT2D eigenvalue weighted by Crippen LogP contribution is -1.90. The minimum atomic E-state index is 0.521. The summed E-state index contributed by atoms with van der Waals surface area (Å²) in [6.45, 7) is 5.97. The second-order valence-corrected chi connectivity index (χ2v) is 3.38. The van der Waals surface area contributed by atoms with Crippen molar-refractivity contribution in [3.63, 3.8) is 0 Å². The quantitative estimate of drug-likeness (QED) is 0.736. The standard InChI is InChI=1S/C10H9ClN2.C2H6/c1-6-2-4-8-7(10(6)11)3-5-9(12)13-8;1-2/h2-5H,1H3,(H2,12,13);1-2H3. The molecule has 0 bridgehead atoms. The van der Waals surface area contributed by atoms with Gasteiger partial charge in [0.2, 0.25) is 0 Å². The zero-order chi connectivity index (χ0) is 11.4. The minimum absolute atomic E-state index is 0.521. The van der Waals surface area contributed by atoms with E-state index in [0.29, 0.717) is 5.82 Å². The molecule has 2 N–H and O–H groups in total. The predicted octanol–water partition coefficient (Wildman–Crippen LogP) is 3.81. The number of aryl methyl sites for hydroxylation is 1. The van der Waals surface area contributed by atoms with E-state index in [9.17, 15) is 0 Å². The summed E-state index contributed by atoms with van der Waals surface area (Å²) in [6, 6.07) is 7.52. The molecule has 0 aliphatic rings. The van der Waals surface area contributed by atoms with E-state index in [1.165, 1.54) is 0 Å². The van der Waals surface area contributed by atoms with Crippen molar-refractivity contribution in [2.75, 3.05) is 5.73 Å². The summed E-state index contributed by atoms with van der Waals surface area (Å²) in [6.07, 6.45) is 0. The molecule has 0 saturated carbocycles. The number of hydrogen-bond acceptors (Lipinski definition) is 2. The lowest BCUT2D eigenvalue weighted by atomic mass is 10.1. The molecule has 15 heavy (non-hydrogen) atoms. The third kappa shape index (κ3) is 2.39. The number of fused-ring (bicyclic) bond motifs is 1. The highest BCUT2D eigenvalue weighted by Gasteiger charge is 2.02. The van der Waals surface area contributed by atoms with Crippen molar-refractivity contribution in [1.82, 2.24) is 4.98 Å². The van der Waals surface area contributed by atoms with Crippen LogP contribution in [0.4, 0.5) is 5.82 Å². The summed E-state index contributed by atoms with van der Waals surface area (Å²) in [5.74, 6) is 0.521. The molecule has 2 nitrogen and oxygen atoms in total. The largest absolute Gasteiger partial charge is 0.384 e. The van der Waals surface area contributed by atoms with Gasteiger partial charge in [0.15, 0.2) is 0 Å². The van der Waals surface area contributed by atoms with Crippen LogP contribution in [0.3, 0.4) is 0 Å². The van der Waals surface area contributed by atoms with Crippen LogP contribution in [0.15, 0.2) is 24.3 Å². The van der Waals surface area contributed by atoms with E-state index in [1.807, 2.05) is 39.0 Å². The van der Waals surface area contributed by atoms with Gasteiger partial charge in [-0.3, -0.25) is 0 Å². The number of nitrogen functional groups attached to an aromatic ring is 1. The van der Waals surface area contributed by atoms with Crippen molar-refractivity contribution < 1.29 is 0 Å². The fourth-order valence-corrected chi connectivity index (χ4v) is 1.52. The van der Waals surface area contributed by atoms with Gasteiger partial charge < -0.3 is 5.73 Å². The van der Waals surface area contributed by atoms with Gasteiger partial charge in [0, 0.05) is 5.39 Å². The number of pyridine rings is 1. The average molecular weight is 223 g/mol. The summed E-state index contributed by atoms with van der Waals surface area (Å²) in [7, 11) is 0. The van der Waals surface area contributed by atoms with Crippen LogP contribution in [0.2, 0.25) is 5.02 Å². The van der Waals surface area contributed by atoms with Gasteiger partial charge in [-0.15, -0.1) is 0 Å². The molecule has 1 aromatic heterocycles. The summed E-state index contributed by atoms with van der Waals surface area (Å²) in [5, 5.41) is 1.71. The maximum Gasteiger partial charge on any atom is 0.124 e. The topological polar surface area (TPSA) is 38.9 Å². The molecule has 0 atom stereocenters. The van der Waals surface area contributed by atoms with Gasteiger partial charge in [0.05, 0.1) is 10.5 Å². The molecule has 80 valence electrons. The van der Waals surface area contributed by atoms with Crippen molar-refractivity contribution in [3.8, 4) is 0 Å². The predicted molar refractivity (Wildman–Crippen MR) is 67.3 cm³/mol.